The van der Waals surface area contributed by atoms with Crippen molar-refractivity contribution in [3.05, 3.63) is 81.0 Å². The number of carbonyl (C=O) groups excluding carboxylic acids is 4. The zero-order valence-corrected chi connectivity index (χ0v) is 28.0. The van der Waals surface area contributed by atoms with Crippen molar-refractivity contribution in [2.75, 3.05) is 31.4 Å². The van der Waals surface area contributed by atoms with Gasteiger partial charge in [-0.05, 0) is 81.6 Å². The summed E-state index contributed by atoms with van der Waals surface area (Å²) < 4.78 is 17.3. The van der Waals surface area contributed by atoms with Crippen molar-refractivity contribution >= 4 is 51.9 Å². The number of nitrogens with one attached hydrogen (secondary N) is 2. The largest absolute Gasteiger partial charge is 0.497 e. The highest BCUT2D eigenvalue weighted by Crippen LogP contribution is 2.35. The van der Waals surface area contributed by atoms with Gasteiger partial charge in [-0.3, -0.25) is 14.2 Å². The molecule has 0 aliphatic heterocycles. The predicted molar refractivity (Wildman–Crippen MR) is 175 cm³/mol. The van der Waals surface area contributed by atoms with Crippen LogP contribution in [0.25, 0.3) is 5.69 Å². The van der Waals surface area contributed by atoms with Crippen LogP contribution >= 0.6 is 23.1 Å². The van der Waals surface area contributed by atoms with Gasteiger partial charge < -0.3 is 24.8 Å². The van der Waals surface area contributed by atoms with Gasteiger partial charge in [-0.1, -0.05) is 23.9 Å². The quantitative estimate of drug-likeness (QED) is 0.143. The van der Waals surface area contributed by atoms with Crippen molar-refractivity contribution in [2.24, 2.45) is 0 Å². The second kappa shape index (κ2) is 15.5. The Morgan fingerprint density at radius 1 is 0.913 bits per heavy atom. The van der Waals surface area contributed by atoms with E-state index in [9.17, 15) is 19.2 Å². The van der Waals surface area contributed by atoms with Crippen LogP contribution in [-0.4, -0.2) is 64.6 Å². The minimum atomic E-state index is -0.647. The smallest absolute Gasteiger partial charge is 0.348 e. The van der Waals surface area contributed by atoms with Crippen molar-refractivity contribution in [1.82, 2.24) is 20.1 Å². The van der Waals surface area contributed by atoms with Gasteiger partial charge in [0.05, 0.1) is 43.9 Å². The van der Waals surface area contributed by atoms with Gasteiger partial charge in [0.25, 0.3) is 5.91 Å². The fraction of sp³-hybridized carbons (Fsp3) is 0.312. The van der Waals surface area contributed by atoms with E-state index in [0.29, 0.717) is 27.9 Å². The van der Waals surface area contributed by atoms with E-state index in [1.807, 2.05) is 36.6 Å². The highest BCUT2D eigenvalue weighted by molar-refractivity contribution is 7.99. The molecule has 4 aromatic rings. The molecule has 242 valence electrons. The SMILES string of the molecule is CCOC(=O)c1sc(NC(=O)CSc2nnc(CNC(=O)c3ccc(OC)cc3)n2-c2cccc(C)c2C)c(C(=O)OCC)c1C. The second-order valence-electron chi connectivity index (χ2n) is 9.90. The molecule has 0 radical (unpaired) electrons. The first-order valence-corrected chi connectivity index (χ1v) is 16.2. The van der Waals surface area contributed by atoms with E-state index in [2.05, 4.69) is 20.8 Å². The molecule has 4 rings (SSSR count). The summed E-state index contributed by atoms with van der Waals surface area (Å²) in [5, 5.41) is 15.0. The third-order valence-corrected chi connectivity index (χ3v) is 9.07. The van der Waals surface area contributed by atoms with E-state index in [1.54, 1.807) is 52.1 Å². The van der Waals surface area contributed by atoms with E-state index in [-0.39, 0.29) is 46.9 Å². The van der Waals surface area contributed by atoms with Crippen LogP contribution in [0, 0.1) is 20.8 Å². The van der Waals surface area contributed by atoms with Gasteiger partial charge in [0.2, 0.25) is 5.91 Å². The zero-order chi connectivity index (χ0) is 33.4. The Morgan fingerprint density at radius 3 is 2.28 bits per heavy atom. The highest BCUT2D eigenvalue weighted by Gasteiger charge is 2.28. The molecule has 2 amide bonds. The monoisotopic (exact) mass is 665 g/mol. The molecule has 0 fully saturated rings. The minimum Gasteiger partial charge on any atom is -0.497 e. The number of ether oxygens (including phenoxy) is 3. The number of methoxy groups -OCH3 is 1. The van der Waals surface area contributed by atoms with E-state index >= 15 is 0 Å². The maximum atomic E-state index is 13.2. The summed E-state index contributed by atoms with van der Waals surface area (Å²) in [5.41, 5.74) is 3.78. The van der Waals surface area contributed by atoms with Crippen molar-refractivity contribution in [1.29, 1.82) is 0 Å². The molecule has 12 nitrogen and oxygen atoms in total. The number of aryl methyl sites for hydroxylation is 1. The van der Waals surface area contributed by atoms with Gasteiger partial charge in [0.1, 0.15) is 15.6 Å². The Balaban J connectivity index is 1.56. The van der Waals surface area contributed by atoms with Crippen LogP contribution in [0.3, 0.4) is 0 Å². The Kier molecular flexibility index (Phi) is 11.6. The molecule has 0 atom stereocenters. The zero-order valence-electron chi connectivity index (χ0n) is 26.4. The number of hydrogen-bond acceptors (Lipinski definition) is 11. The number of aromatic nitrogens is 3. The number of rotatable bonds is 13. The lowest BCUT2D eigenvalue weighted by molar-refractivity contribution is -0.113. The van der Waals surface area contributed by atoms with Gasteiger partial charge in [-0.2, -0.15) is 0 Å². The first-order valence-electron chi connectivity index (χ1n) is 14.4. The van der Waals surface area contributed by atoms with Crippen LogP contribution in [0.15, 0.2) is 47.6 Å². The van der Waals surface area contributed by atoms with Gasteiger partial charge in [-0.15, -0.1) is 21.5 Å². The predicted octanol–water partition coefficient (Wildman–Crippen LogP) is 5.28. The minimum absolute atomic E-state index is 0.0754. The number of carbonyl (C=O) groups is 4. The molecule has 46 heavy (non-hydrogen) atoms. The molecule has 0 saturated carbocycles. The summed E-state index contributed by atoms with van der Waals surface area (Å²) in [6.07, 6.45) is 0. The van der Waals surface area contributed by atoms with Gasteiger partial charge in [-0.25, -0.2) is 9.59 Å². The molecule has 0 aliphatic carbocycles. The molecule has 14 heteroatoms. The molecule has 0 bridgehead atoms. The average molecular weight is 666 g/mol. The standard InChI is InChI=1S/C32H35N5O7S2/c1-7-43-30(40)26-20(5)27(31(41)44-8-2)46-29(26)34-25(38)17-45-32-36-35-24(37(32)23-11-9-10-18(3)19(23)4)16-33-28(39)21-12-14-22(42-6)15-13-21/h9-15H,7-8,16-17H2,1-6H3,(H,33,39)(H,34,38). The number of thiophene rings is 1. The summed E-state index contributed by atoms with van der Waals surface area (Å²) in [5.74, 6) is -0.937. The summed E-state index contributed by atoms with van der Waals surface area (Å²) in [6.45, 7) is 9.30. The van der Waals surface area contributed by atoms with Crippen LogP contribution in [0.4, 0.5) is 5.00 Å². The number of anilines is 1. The molecule has 2 heterocycles. The topological polar surface area (TPSA) is 151 Å². The molecule has 0 spiro atoms. The molecule has 2 aromatic heterocycles. The van der Waals surface area contributed by atoms with E-state index in [1.165, 1.54) is 0 Å². The maximum Gasteiger partial charge on any atom is 0.348 e. The highest BCUT2D eigenvalue weighted by atomic mass is 32.2. The number of nitrogens with zero attached hydrogens (tertiary/aromatic N) is 3. The van der Waals surface area contributed by atoms with Crippen molar-refractivity contribution in [3.63, 3.8) is 0 Å². The Labute approximate surface area is 274 Å². The number of thioether (sulfide) groups is 1. The van der Waals surface area contributed by atoms with Crippen molar-refractivity contribution in [3.8, 4) is 11.4 Å². The second-order valence-corrected chi connectivity index (χ2v) is 11.9. The van der Waals surface area contributed by atoms with Crippen LogP contribution in [0.1, 0.15) is 66.7 Å². The molecular formula is C32H35N5O7S2. The Morgan fingerprint density at radius 2 is 1.61 bits per heavy atom. The number of benzene rings is 2. The number of esters is 2. The van der Waals surface area contributed by atoms with E-state index < -0.39 is 17.8 Å². The van der Waals surface area contributed by atoms with Crippen LogP contribution in [-0.2, 0) is 20.8 Å². The molecule has 2 N–H and O–H groups in total. The van der Waals surface area contributed by atoms with Crippen molar-refractivity contribution in [2.45, 2.75) is 46.3 Å². The molecule has 0 unspecified atom stereocenters. The van der Waals surface area contributed by atoms with Crippen LogP contribution in [0.5, 0.6) is 5.75 Å². The van der Waals surface area contributed by atoms with Crippen LogP contribution < -0.4 is 15.4 Å². The average Bonchev–Trinajstić information content (AvgIpc) is 3.60. The normalized spacial score (nSPS) is 10.7. The lowest BCUT2D eigenvalue weighted by Crippen LogP contribution is -2.24. The molecule has 0 saturated heterocycles. The van der Waals surface area contributed by atoms with Gasteiger partial charge in [0.15, 0.2) is 11.0 Å². The Bertz CT molecular complexity index is 1750. The first kappa shape index (κ1) is 34.2. The van der Waals surface area contributed by atoms with Crippen molar-refractivity contribution < 1.29 is 33.4 Å². The third kappa shape index (κ3) is 7.74. The molecule has 2 aromatic carbocycles. The molecular weight excluding hydrogens is 631 g/mol. The van der Waals surface area contributed by atoms with E-state index in [4.69, 9.17) is 14.2 Å². The summed E-state index contributed by atoms with van der Waals surface area (Å²) >= 11 is 2.10. The third-order valence-electron chi connectivity index (χ3n) is 6.95. The number of amides is 2. The van der Waals surface area contributed by atoms with Gasteiger partial charge in [0, 0.05) is 5.56 Å². The summed E-state index contributed by atoms with van der Waals surface area (Å²) in [6, 6.07) is 12.6. The summed E-state index contributed by atoms with van der Waals surface area (Å²) in [4.78, 5) is 51.6. The van der Waals surface area contributed by atoms with Gasteiger partial charge >= 0.3 is 11.9 Å². The lowest BCUT2D eigenvalue weighted by atomic mass is 10.1. The van der Waals surface area contributed by atoms with Crippen LogP contribution in [0.2, 0.25) is 0 Å². The fourth-order valence-electron chi connectivity index (χ4n) is 4.47. The summed E-state index contributed by atoms with van der Waals surface area (Å²) in [7, 11) is 1.56. The number of hydrogen-bond donors (Lipinski definition) is 2. The lowest BCUT2D eigenvalue weighted by Gasteiger charge is -2.15. The maximum absolute atomic E-state index is 13.2. The fourth-order valence-corrected chi connectivity index (χ4v) is 6.34. The van der Waals surface area contributed by atoms with E-state index in [0.717, 1.165) is 39.9 Å². The first-order chi connectivity index (χ1) is 22.1. The Hall–Kier alpha value is -4.69. The molecule has 0 aliphatic rings.